The Hall–Kier alpha value is -0.930. The van der Waals surface area contributed by atoms with Gasteiger partial charge in [-0.1, -0.05) is 26.0 Å². The highest BCUT2D eigenvalue weighted by Crippen LogP contribution is 2.39. The van der Waals surface area contributed by atoms with Crippen molar-refractivity contribution in [1.82, 2.24) is 0 Å². The van der Waals surface area contributed by atoms with Gasteiger partial charge in [-0.25, -0.2) is 0 Å². The number of ketones is 1. The minimum atomic E-state index is -0.890. The fraction of sp³-hybridized carbons (Fsp3) is 0.615. The SMILES string of the molecule is CC1=C(/C=C/[C@H](C)O)C(C)(C)C[C@H](O)C1=O. The number of allylic oxidation sites excluding steroid dienone is 2. The van der Waals surface area contributed by atoms with Crippen LogP contribution in [0.15, 0.2) is 23.3 Å². The molecule has 0 aromatic carbocycles. The van der Waals surface area contributed by atoms with Gasteiger partial charge >= 0.3 is 0 Å². The van der Waals surface area contributed by atoms with Crippen LogP contribution >= 0.6 is 0 Å². The maximum absolute atomic E-state index is 11.7. The van der Waals surface area contributed by atoms with Gasteiger partial charge in [-0.15, -0.1) is 0 Å². The number of rotatable bonds is 2. The Morgan fingerprint density at radius 2 is 2.06 bits per heavy atom. The quantitative estimate of drug-likeness (QED) is 0.749. The minimum Gasteiger partial charge on any atom is -0.389 e. The zero-order chi connectivity index (χ0) is 12.5. The van der Waals surface area contributed by atoms with E-state index in [0.717, 1.165) is 5.57 Å². The molecule has 2 N–H and O–H groups in total. The molecule has 3 heteroatoms. The van der Waals surface area contributed by atoms with Gasteiger partial charge in [-0.2, -0.15) is 0 Å². The second kappa shape index (κ2) is 4.52. The summed E-state index contributed by atoms with van der Waals surface area (Å²) in [6, 6.07) is 0. The summed E-state index contributed by atoms with van der Waals surface area (Å²) in [5, 5.41) is 18.8. The van der Waals surface area contributed by atoms with Crippen LogP contribution in [0.2, 0.25) is 0 Å². The summed E-state index contributed by atoms with van der Waals surface area (Å²) >= 11 is 0. The number of Topliss-reactive ketones (excluding diaryl/α,β-unsaturated/α-hetero) is 1. The lowest BCUT2D eigenvalue weighted by Crippen LogP contribution is -2.35. The van der Waals surface area contributed by atoms with Gasteiger partial charge in [-0.05, 0) is 36.8 Å². The molecular formula is C13H20O3. The molecular weight excluding hydrogens is 204 g/mol. The number of aliphatic hydroxyl groups excluding tert-OH is 2. The van der Waals surface area contributed by atoms with Crippen molar-refractivity contribution in [3.05, 3.63) is 23.3 Å². The zero-order valence-corrected chi connectivity index (χ0v) is 10.3. The van der Waals surface area contributed by atoms with Gasteiger partial charge < -0.3 is 10.2 Å². The molecule has 0 fully saturated rings. The zero-order valence-electron chi connectivity index (χ0n) is 10.3. The lowest BCUT2D eigenvalue weighted by Gasteiger charge is -2.34. The third-order valence-electron chi connectivity index (χ3n) is 3.05. The average Bonchev–Trinajstić information content (AvgIpc) is 2.12. The van der Waals surface area contributed by atoms with Crippen LogP contribution in [0.1, 0.15) is 34.1 Å². The van der Waals surface area contributed by atoms with Crippen LogP contribution in [0.25, 0.3) is 0 Å². The standard InChI is InChI=1S/C13H20O3/c1-8(14)5-6-10-9(2)12(16)11(15)7-13(10,3)4/h5-6,8,11,14-15H,7H2,1-4H3/b6-5+/t8-,11-/m0/s1. The van der Waals surface area contributed by atoms with E-state index in [2.05, 4.69) is 0 Å². The van der Waals surface area contributed by atoms with Gasteiger partial charge in [0.2, 0.25) is 0 Å². The molecule has 1 rings (SSSR count). The van der Waals surface area contributed by atoms with E-state index in [9.17, 15) is 15.0 Å². The summed E-state index contributed by atoms with van der Waals surface area (Å²) < 4.78 is 0. The van der Waals surface area contributed by atoms with Crippen LogP contribution in [-0.2, 0) is 4.79 Å². The Balaban J connectivity index is 3.14. The first kappa shape index (κ1) is 13.1. The topological polar surface area (TPSA) is 57.5 Å². The van der Waals surface area contributed by atoms with E-state index in [1.165, 1.54) is 0 Å². The first-order valence-electron chi connectivity index (χ1n) is 5.55. The normalized spacial score (nSPS) is 27.6. The summed E-state index contributed by atoms with van der Waals surface area (Å²) in [4.78, 5) is 11.7. The molecule has 0 aliphatic heterocycles. The molecule has 0 aromatic heterocycles. The van der Waals surface area contributed by atoms with Gasteiger partial charge in [0, 0.05) is 0 Å². The Bertz CT molecular complexity index is 348. The second-order valence-electron chi connectivity index (χ2n) is 5.11. The van der Waals surface area contributed by atoms with Crippen LogP contribution in [0.5, 0.6) is 0 Å². The highest BCUT2D eigenvalue weighted by molar-refractivity contribution is 6.00. The summed E-state index contributed by atoms with van der Waals surface area (Å²) in [7, 11) is 0. The Morgan fingerprint density at radius 1 is 1.50 bits per heavy atom. The molecule has 0 unspecified atom stereocenters. The molecule has 16 heavy (non-hydrogen) atoms. The molecule has 0 saturated heterocycles. The first-order chi connectivity index (χ1) is 7.25. The minimum absolute atomic E-state index is 0.204. The van der Waals surface area contributed by atoms with Crippen molar-refractivity contribution in [2.75, 3.05) is 0 Å². The van der Waals surface area contributed by atoms with E-state index in [0.29, 0.717) is 12.0 Å². The molecule has 1 aliphatic rings. The number of carbonyl (C=O) groups excluding carboxylic acids is 1. The van der Waals surface area contributed by atoms with Crippen molar-refractivity contribution >= 4 is 5.78 Å². The fourth-order valence-corrected chi connectivity index (χ4v) is 2.16. The summed E-state index contributed by atoms with van der Waals surface area (Å²) in [5.41, 5.74) is 1.27. The van der Waals surface area contributed by atoms with E-state index in [1.807, 2.05) is 13.8 Å². The largest absolute Gasteiger partial charge is 0.389 e. The molecule has 0 radical (unpaired) electrons. The first-order valence-corrected chi connectivity index (χ1v) is 5.55. The predicted molar refractivity (Wildman–Crippen MR) is 62.9 cm³/mol. The predicted octanol–water partition coefficient (Wildman–Crippen LogP) is 1.60. The summed E-state index contributed by atoms with van der Waals surface area (Å²) in [5.74, 6) is -0.204. The van der Waals surface area contributed by atoms with Crippen molar-refractivity contribution < 1.29 is 15.0 Å². The van der Waals surface area contributed by atoms with Gasteiger partial charge in [0.25, 0.3) is 0 Å². The summed E-state index contributed by atoms with van der Waals surface area (Å²) in [6.07, 6.45) is 2.47. The molecule has 0 amide bonds. The monoisotopic (exact) mass is 224 g/mol. The fourth-order valence-electron chi connectivity index (χ4n) is 2.16. The Labute approximate surface area is 96.5 Å². The van der Waals surface area contributed by atoms with E-state index in [4.69, 9.17) is 0 Å². The van der Waals surface area contributed by atoms with Gasteiger partial charge in [0.1, 0.15) is 6.10 Å². The molecule has 3 nitrogen and oxygen atoms in total. The molecule has 0 bridgehead atoms. The molecule has 2 atom stereocenters. The van der Waals surface area contributed by atoms with Crippen molar-refractivity contribution in [3.63, 3.8) is 0 Å². The highest BCUT2D eigenvalue weighted by Gasteiger charge is 2.36. The number of aliphatic hydroxyl groups is 2. The smallest absolute Gasteiger partial charge is 0.187 e. The van der Waals surface area contributed by atoms with Crippen molar-refractivity contribution in [3.8, 4) is 0 Å². The highest BCUT2D eigenvalue weighted by atomic mass is 16.3. The van der Waals surface area contributed by atoms with E-state index >= 15 is 0 Å². The third-order valence-corrected chi connectivity index (χ3v) is 3.05. The Kier molecular flexibility index (Phi) is 3.71. The van der Waals surface area contributed by atoms with E-state index in [-0.39, 0.29) is 11.2 Å². The van der Waals surface area contributed by atoms with Gasteiger partial charge in [0.15, 0.2) is 5.78 Å². The summed E-state index contributed by atoms with van der Waals surface area (Å²) in [6.45, 7) is 7.38. The third kappa shape index (κ3) is 2.60. The molecule has 0 saturated carbocycles. The lowest BCUT2D eigenvalue weighted by molar-refractivity contribution is -0.125. The van der Waals surface area contributed by atoms with Gasteiger partial charge in [0.05, 0.1) is 6.10 Å². The lowest BCUT2D eigenvalue weighted by atomic mass is 9.71. The maximum atomic E-state index is 11.7. The maximum Gasteiger partial charge on any atom is 0.187 e. The van der Waals surface area contributed by atoms with Crippen LogP contribution in [-0.4, -0.2) is 28.2 Å². The molecule has 0 spiro atoms. The van der Waals surface area contributed by atoms with Crippen molar-refractivity contribution in [1.29, 1.82) is 0 Å². The molecule has 0 aromatic rings. The van der Waals surface area contributed by atoms with E-state index in [1.54, 1.807) is 26.0 Å². The van der Waals surface area contributed by atoms with Crippen molar-refractivity contribution in [2.45, 2.75) is 46.3 Å². The van der Waals surface area contributed by atoms with Crippen LogP contribution in [0, 0.1) is 5.41 Å². The van der Waals surface area contributed by atoms with E-state index < -0.39 is 12.2 Å². The molecule has 0 heterocycles. The van der Waals surface area contributed by atoms with Crippen LogP contribution in [0.4, 0.5) is 0 Å². The van der Waals surface area contributed by atoms with Crippen molar-refractivity contribution in [2.24, 2.45) is 5.41 Å². The molecule has 1 aliphatic carbocycles. The number of hydrogen-bond donors (Lipinski definition) is 2. The van der Waals surface area contributed by atoms with Crippen LogP contribution < -0.4 is 0 Å². The average molecular weight is 224 g/mol. The van der Waals surface area contributed by atoms with Crippen LogP contribution in [0.3, 0.4) is 0 Å². The van der Waals surface area contributed by atoms with Gasteiger partial charge in [-0.3, -0.25) is 4.79 Å². The number of hydrogen-bond acceptors (Lipinski definition) is 3. The molecule has 90 valence electrons. The second-order valence-corrected chi connectivity index (χ2v) is 5.11. The number of carbonyl (C=O) groups is 1. The Morgan fingerprint density at radius 3 is 2.56 bits per heavy atom.